The molecule has 0 N–H and O–H groups in total. The van der Waals surface area contributed by atoms with Gasteiger partial charge in [0.2, 0.25) is 5.91 Å². The molecule has 0 unspecified atom stereocenters. The van der Waals surface area contributed by atoms with E-state index in [2.05, 4.69) is 11.9 Å². The topological polar surface area (TPSA) is 67.7 Å². The van der Waals surface area contributed by atoms with Gasteiger partial charge in [0.1, 0.15) is 6.04 Å². The minimum atomic E-state index is -0.435. The van der Waals surface area contributed by atoms with Gasteiger partial charge in [-0.1, -0.05) is 13.3 Å². The van der Waals surface area contributed by atoms with Crippen LogP contribution in [-0.2, 0) is 21.0 Å². The second-order valence-corrected chi connectivity index (χ2v) is 5.81. The highest BCUT2D eigenvalue weighted by Crippen LogP contribution is 2.24. The predicted octanol–water partition coefficient (Wildman–Crippen LogP) is 1.12. The monoisotopic (exact) mass is 306 g/mol. The van der Waals surface area contributed by atoms with Crippen LogP contribution in [0.5, 0.6) is 0 Å². The second kappa shape index (κ2) is 6.48. The number of unbranched alkanes of at least 4 members (excludes halogenated alkanes) is 1. The number of hydroxylamine groups is 2. The van der Waals surface area contributed by atoms with E-state index in [1.54, 1.807) is 17.4 Å². The molecule has 0 saturated carbocycles. The van der Waals surface area contributed by atoms with Gasteiger partial charge in [-0.05, 0) is 12.8 Å². The zero-order valence-corrected chi connectivity index (χ0v) is 12.9. The minimum absolute atomic E-state index is 0.0928. The highest BCUT2D eigenvalue weighted by Gasteiger charge is 2.36. The van der Waals surface area contributed by atoms with E-state index in [1.807, 2.05) is 4.57 Å². The van der Waals surface area contributed by atoms with Crippen molar-refractivity contribution in [3.63, 3.8) is 0 Å². The van der Waals surface area contributed by atoms with Crippen LogP contribution < -0.4 is 0 Å². The Hall–Kier alpha value is -1.89. The van der Waals surface area contributed by atoms with Crippen LogP contribution in [0.25, 0.3) is 0 Å². The summed E-state index contributed by atoms with van der Waals surface area (Å²) in [6.45, 7) is 4.17. The molecular weight excluding hydrogens is 284 g/mol. The maximum atomic E-state index is 12.7. The van der Waals surface area contributed by atoms with Crippen LogP contribution in [0.3, 0.4) is 0 Å². The molecule has 0 bridgehead atoms. The zero-order chi connectivity index (χ0) is 15.5. The molecule has 1 atom stereocenters. The van der Waals surface area contributed by atoms with Crippen molar-refractivity contribution in [1.82, 2.24) is 19.5 Å². The van der Waals surface area contributed by atoms with Crippen molar-refractivity contribution in [1.29, 1.82) is 0 Å². The summed E-state index contributed by atoms with van der Waals surface area (Å²) in [5.74, 6) is 0.0131. The van der Waals surface area contributed by atoms with Gasteiger partial charge < -0.3 is 9.47 Å². The lowest BCUT2D eigenvalue weighted by Gasteiger charge is -2.35. The largest absolute Gasteiger partial charge is 0.334 e. The molecule has 0 radical (unpaired) electrons. The lowest BCUT2D eigenvalue weighted by Crippen LogP contribution is -2.46. The van der Waals surface area contributed by atoms with E-state index in [0.717, 1.165) is 25.0 Å². The van der Waals surface area contributed by atoms with Crippen molar-refractivity contribution in [3.8, 4) is 0 Å². The SMILES string of the molecule is CCCCC(=O)N1Cc2cncn2[C@H](C(=O)N2CCCO2)C1. The number of rotatable bonds is 4. The number of carbonyl (C=O) groups excluding carboxylic acids is 2. The number of imidazole rings is 1. The number of amides is 2. The van der Waals surface area contributed by atoms with Crippen LogP contribution in [0.4, 0.5) is 0 Å². The number of fused-ring (bicyclic) bond motifs is 1. The van der Waals surface area contributed by atoms with Crippen LogP contribution >= 0.6 is 0 Å². The molecule has 7 nitrogen and oxygen atoms in total. The van der Waals surface area contributed by atoms with Crippen LogP contribution in [-0.4, -0.2) is 51.0 Å². The number of hydrogen-bond donors (Lipinski definition) is 0. The summed E-state index contributed by atoms with van der Waals surface area (Å²) in [6.07, 6.45) is 6.65. The summed E-state index contributed by atoms with van der Waals surface area (Å²) in [6, 6.07) is -0.435. The molecule has 0 spiro atoms. The van der Waals surface area contributed by atoms with E-state index in [9.17, 15) is 9.59 Å². The third-order valence-electron chi connectivity index (χ3n) is 4.21. The first kappa shape index (κ1) is 15.0. The fourth-order valence-corrected chi connectivity index (χ4v) is 2.95. The van der Waals surface area contributed by atoms with Gasteiger partial charge in [-0.15, -0.1) is 0 Å². The summed E-state index contributed by atoms with van der Waals surface area (Å²) in [7, 11) is 0. The molecule has 7 heteroatoms. The van der Waals surface area contributed by atoms with Crippen molar-refractivity contribution < 1.29 is 14.4 Å². The molecule has 1 aromatic heterocycles. The maximum absolute atomic E-state index is 12.7. The molecular formula is C15H22N4O3. The van der Waals surface area contributed by atoms with Crippen molar-refractivity contribution in [2.75, 3.05) is 19.7 Å². The van der Waals surface area contributed by atoms with E-state index >= 15 is 0 Å². The Morgan fingerprint density at radius 1 is 1.45 bits per heavy atom. The fraction of sp³-hybridized carbons (Fsp3) is 0.667. The van der Waals surface area contributed by atoms with E-state index in [1.165, 1.54) is 5.06 Å². The van der Waals surface area contributed by atoms with E-state index in [4.69, 9.17) is 4.84 Å². The fourth-order valence-electron chi connectivity index (χ4n) is 2.95. The average Bonchev–Trinajstić information content (AvgIpc) is 3.21. The quantitative estimate of drug-likeness (QED) is 0.836. The molecule has 0 aliphatic carbocycles. The van der Waals surface area contributed by atoms with Gasteiger partial charge in [0.15, 0.2) is 0 Å². The number of nitrogens with zero attached hydrogens (tertiary/aromatic N) is 4. The lowest BCUT2D eigenvalue weighted by atomic mass is 10.1. The predicted molar refractivity (Wildman–Crippen MR) is 78.5 cm³/mol. The van der Waals surface area contributed by atoms with Crippen LogP contribution in [0.1, 0.15) is 44.3 Å². The van der Waals surface area contributed by atoms with Crippen molar-refractivity contribution in [2.45, 2.75) is 45.2 Å². The normalized spacial score (nSPS) is 21.0. The third-order valence-corrected chi connectivity index (χ3v) is 4.21. The Kier molecular flexibility index (Phi) is 4.42. The summed E-state index contributed by atoms with van der Waals surface area (Å²) < 4.78 is 1.87. The van der Waals surface area contributed by atoms with Crippen molar-refractivity contribution in [2.24, 2.45) is 0 Å². The number of carbonyl (C=O) groups is 2. The standard InChI is InChI=1S/C15H22N4O3/c1-2-3-5-14(20)17-9-12-8-16-11-18(12)13(10-17)15(21)19-6-4-7-22-19/h8,11,13H,2-7,9-10H2,1H3/t13-/m0/s1. The number of aromatic nitrogens is 2. The molecule has 1 aromatic rings. The van der Waals surface area contributed by atoms with E-state index < -0.39 is 6.04 Å². The van der Waals surface area contributed by atoms with Gasteiger partial charge in [-0.2, -0.15) is 0 Å². The molecule has 2 aliphatic rings. The Labute approximate surface area is 129 Å². The first-order chi connectivity index (χ1) is 10.7. The van der Waals surface area contributed by atoms with E-state index in [-0.39, 0.29) is 11.8 Å². The highest BCUT2D eigenvalue weighted by atomic mass is 16.7. The Balaban J connectivity index is 1.77. The van der Waals surface area contributed by atoms with Gasteiger partial charge in [0, 0.05) is 12.6 Å². The summed E-state index contributed by atoms with van der Waals surface area (Å²) >= 11 is 0. The Bertz CT molecular complexity index is 551. The van der Waals surface area contributed by atoms with E-state index in [0.29, 0.717) is 32.7 Å². The highest BCUT2D eigenvalue weighted by molar-refractivity contribution is 5.82. The molecule has 120 valence electrons. The average molecular weight is 306 g/mol. The van der Waals surface area contributed by atoms with Crippen LogP contribution in [0, 0.1) is 0 Å². The van der Waals surface area contributed by atoms with Gasteiger partial charge in [-0.25, -0.2) is 10.0 Å². The number of hydrogen-bond acceptors (Lipinski definition) is 4. The van der Waals surface area contributed by atoms with Crippen LogP contribution in [0.15, 0.2) is 12.5 Å². The molecule has 3 heterocycles. The van der Waals surface area contributed by atoms with Gasteiger partial charge >= 0.3 is 0 Å². The Morgan fingerprint density at radius 2 is 2.32 bits per heavy atom. The molecule has 2 aliphatic heterocycles. The second-order valence-electron chi connectivity index (χ2n) is 5.81. The molecule has 0 aromatic carbocycles. The first-order valence-electron chi connectivity index (χ1n) is 7.93. The first-order valence-corrected chi connectivity index (χ1v) is 7.93. The van der Waals surface area contributed by atoms with Gasteiger partial charge in [0.25, 0.3) is 5.91 Å². The Morgan fingerprint density at radius 3 is 3.05 bits per heavy atom. The third kappa shape index (κ3) is 2.85. The van der Waals surface area contributed by atoms with Crippen molar-refractivity contribution in [3.05, 3.63) is 18.2 Å². The van der Waals surface area contributed by atoms with Gasteiger partial charge in [0.05, 0.1) is 38.3 Å². The van der Waals surface area contributed by atoms with Gasteiger partial charge in [-0.3, -0.25) is 14.4 Å². The molecule has 22 heavy (non-hydrogen) atoms. The smallest absolute Gasteiger partial charge is 0.271 e. The minimum Gasteiger partial charge on any atom is -0.334 e. The molecule has 1 fully saturated rings. The van der Waals surface area contributed by atoms with Crippen LogP contribution in [0.2, 0.25) is 0 Å². The molecule has 3 rings (SSSR count). The summed E-state index contributed by atoms with van der Waals surface area (Å²) in [5, 5.41) is 1.43. The zero-order valence-electron chi connectivity index (χ0n) is 12.9. The summed E-state index contributed by atoms with van der Waals surface area (Å²) in [4.78, 5) is 36.2. The van der Waals surface area contributed by atoms with Crippen molar-refractivity contribution >= 4 is 11.8 Å². The molecule has 2 amide bonds. The lowest BCUT2D eigenvalue weighted by molar-refractivity contribution is -0.174. The maximum Gasteiger partial charge on any atom is 0.271 e. The summed E-state index contributed by atoms with van der Waals surface area (Å²) in [5.41, 5.74) is 0.897. The molecule has 1 saturated heterocycles.